The number of nitrogens with zero attached hydrogens (tertiary/aromatic N) is 1. The van der Waals surface area contributed by atoms with E-state index in [2.05, 4.69) is 10.6 Å². The van der Waals surface area contributed by atoms with Crippen LogP contribution in [0.25, 0.3) is 0 Å². The Labute approximate surface area is 99.2 Å². The summed E-state index contributed by atoms with van der Waals surface area (Å²) in [5.41, 5.74) is 0. The number of hydrogen-bond acceptors (Lipinski definition) is 3. The minimum Gasteiger partial charge on any atom is -0.480 e. The van der Waals surface area contributed by atoms with E-state index in [1.54, 1.807) is 6.92 Å². The maximum absolute atomic E-state index is 11.8. The van der Waals surface area contributed by atoms with Gasteiger partial charge in [-0.05, 0) is 19.8 Å². The highest BCUT2D eigenvalue weighted by atomic mass is 16.4. The lowest BCUT2D eigenvalue weighted by Gasteiger charge is -2.23. The van der Waals surface area contributed by atoms with Crippen molar-refractivity contribution in [1.82, 2.24) is 15.5 Å². The number of carbonyl (C=O) groups is 3. The van der Waals surface area contributed by atoms with E-state index in [0.717, 1.165) is 0 Å². The van der Waals surface area contributed by atoms with E-state index in [9.17, 15) is 14.4 Å². The number of carboxylic acid groups (broad SMARTS) is 1. The van der Waals surface area contributed by atoms with Crippen LogP contribution in [0.5, 0.6) is 0 Å². The molecule has 17 heavy (non-hydrogen) atoms. The van der Waals surface area contributed by atoms with Gasteiger partial charge in [0.1, 0.15) is 12.1 Å². The second-order valence-corrected chi connectivity index (χ2v) is 3.98. The largest absolute Gasteiger partial charge is 0.480 e. The van der Waals surface area contributed by atoms with Gasteiger partial charge >= 0.3 is 12.0 Å². The Morgan fingerprint density at radius 3 is 2.59 bits per heavy atom. The number of hydrogen-bond donors (Lipinski definition) is 3. The molecule has 3 amide bonds. The van der Waals surface area contributed by atoms with Crippen molar-refractivity contribution < 1.29 is 19.5 Å². The van der Waals surface area contributed by atoms with Crippen molar-refractivity contribution in [3.63, 3.8) is 0 Å². The van der Waals surface area contributed by atoms with Crippen LogP contribution in [0.3, 0.4) is 0 Å². The number of amides is 3. The van der Waals surface area contributed by atoms with E-state index in [-0.39, 0.29) is 5.91 Å². The van der Waals surface area contributed by atoms with Gasteiger partial charge < -0.3 is 20.6 Å². The molecule has 1 aliphatic rings. The lowest BCUT2D eigenvalue weighted by Crippen LogP contribution is -2.51. The first-order valence-corrected chi connectivity index (χ1v) is 5.49. The number of carbonyl (C=O) groups excluding carboxylic acids is 2. The lowest BCUT2D eigenvalue weighted by atomic mass is 10.2. The molecule has 7 heteroatoms. The summed E-state index contributed by atoms with van der Waals surface area (Å²) in [7, 11) is 1.47. The summed E-state index contributed by atoms with van der Waals surface area (Å²) >= 11 is 0. The Balaban J connectivity index is 2.58. The standard InChI is InChI=1S/C10H17N3O4/c1-6(8(14)11-2)12-10(17)13-5-3-4-7(13)9(15)16/h6-7H,3-5H2,1-2H3,(H,11,14)(H,12,17)(H,15,16)/t6?,7-/m1/s1. The molecule has 0 aliphatic carbocycles. The van der Waals surface area contributed by atoms with Crippen molar-refractivity contribution in [3.05, 3.63) is 0 Å². The molecule has 0 bridgehead atoms. The quantitative estimate of drug-likeness (QED) is 0.615. The maximum atomic E-state index is 11.8. The van der Waals surface area contributed by atoms with Crippen molar-refractivity contribution in [2.45, 2.75) is 31.8 Å². The lowest BCUT2D eigenvalue weighted by molar-refractivity contribution is -0.141. The number of carboxylic acids is 1. The molecule has 1 unspecified atom stereocenters. The third kappa shape index (κ3) is 3.08. The summed E-state index contributed by atoms with van der Waals surface area (Å²) in [5, 5.41) is 13.8. The fourth-order valence-corrected chi connectivity index (χ4v) is 1.82. The van der Waals surface area contributed by atoms with Crippen LogP contribution in [0.1, 0.15) is 19.8 Å². The minimum atomic E-state index is -1.01. The smallest absolute Gasteiger partial charge is 0.326 e. The molecule has 1 aliphatic heterocycles. The van der Waals surface area contributed by atoms with Crippen LogP contribution in [-0.2, 0) is 9.59 Å². The highest BCUT2D eigenvalue weighted by Gasteiger charge is 2.34. The molecular weight excluding hydrogens is 226 g/mol. The van der Waals surface area contributed by atoms with Gasteiger partial charge in [-0.2, -0.15) is 0 Å². The summed E-state index contributed by atoms with van der Waals surface area (Å²) in [6.07, 6.45) is 1.12. The van der Waals surface area contributed by atoms with E-state index in [4.69, 9.17) is 5.11 Å². The van der Waals surface area contributed by atoms with Gasteiger partial charge in [0, 0.05) is 13.6 Å². The monoisotopic (exact) mass is 243 g/mol. The minimum absolute atomic E-state index is 0.315. The van der Waals surface area contributed by atoms with Crippen molar-refractivity contribution in [2.24, 2.45) is 0 Å². The van der Waals surface area contributed by atoms with Gasteiger partial charge in [0.2, 0.25) is 5.91 Å². The average Bonchev–Trinajstić information content (AvgIpc) is 2.76. The molecule has 0 radical (unpaired) electrons. The predicted octanol–water partition coefficient (Wildman–Crippen LogP) is -0.620. The van der Waals surface area contributed by atoms with Crippen LogP contribution < -0.4 is 10.6 Å². The van der Waals surface area contributed by atoms with E-state index < -0.39 is 24.1 Å². The second kappa shape index (κ2) is 5.51. The molecule has 96 valence electrons. The summed E-state index contributed by atoms with van der Waals surface area (Å²) in [4.78, 5) is 35.1. The topological polar surface area (TPSA) is 98.7 Å². The third-order valence-corrected chi connectivity index (χ3v) is 2.78. The number of likely N-dealkylation sites (tertiary alicyclic amines) is 1. The molecule has 2 atom stereocenters. The molecule has 1 fully saturated rings. The first-order valence-electron chi connectivity index (χ1n) is 5.49. The Kier molecular flexibility index (Phi) is 4.30. The van der Waals surface area contributed by atoms with E-state index in [1.165, 1.54) is 11.9 Å². The highest BCUT2D eigenvalue weighted by Crippen LogP contribution is 2.17. The van der Waals surface area contributed by atoms with Gasteiger partial charge in [0.25, 0.3) is 0 Å². The first kappa shape index (κ1) is 13.3. The summed E-state index contributed by atoms with van der Waals surface area (Å²) in [6, 6.07) is -1.97. The van der Waals surface area contributed by atoms with Gasteiger partial charge in [-0.3, -0.25) is 4.79 Å². The molecule has 1 saturated heterocycles. The summed E-state index contributed by atoms with van der Waals surface area (Å²) < 4.78 is 0. The summed E-state index contributed by atoms with van der Waals surface area (Å²) in [5.74, 6) is -1.32. The molecule has 0 aromatic heterocycles. The maximum Gasteiger partial charge on any atom is 0.326 e. The number of rotatable bonds is 3. The molecule has 0 saturated carbocycles. The molecule has 7 nitrogen and oxygen atoms in total. The van der Waals surface area contributed by atoms with E-state index >= 15 is 0 Å². The van der Waals surface area contributed by atoms with Crippen molar-refractivity contribution in [2.75, 3.05) is 13.6 Å². The normalized spacial score (nSPS) is 20.8. The number of aliphatic carboxylic acids is 1. The van der Waals surface area contributed by atoms with Crippen LogP contribution in [0.2, 0.25) is 0 Å². The van der Waals surface area contributed by atoms with Crippen LogP contribution in [0.15, 0.2) is 0 Å². The average molecular weight is 243 g/mol. The molecular formula is C10H17N3O4. The highest BCUT2D eigenvalue weighted by molar-refractivity contribution is 5.88. The van der Waals surface area contributed by atoms with Crippen molar-refractivity contribution in [3.8, 4) is 0 Å². The van der Waals surface area contributed by atoms with Crippen molar-refractivity contribution >= 4 is 17.9 Å². The van der Waals surface area contributed by atoms with Gasteiger partial charge in [0.05, 0.1) is 0 Å². The number of nitrogens with one attached hydrogen (secondary N) is 2. The SMILES string of the molecule is CNC(=O)C(C)NC(=O)N1CCC[C@@H]1C(=O)O. The molecule has 1 rings (SSSR count). The molecule has 0 spiro atoms. The third-order valence-electron chi connectivity index (χ3n) is 2.78. The van der Waals surface area contributed by atoms with Crippen LogP contribution in [0.4, 0.5) is 4.79 Å². The molecule has 1 heterocycles. The van der Waals surface area contributed by atoms with Gasteiger partial charge in [0.15, 0.2) is 0 Å². The fourth-order valence-electron chi connectivity index (χ4n) is 1.82. The van der Waals surface area contributed by atoms with Crippen molar-refractivity contribution in [1.29, 1.82) is 0 Å². The fraction of sp³-hybridized carbons (Fsp3) is 0.700. The predicted molar refractivity (Wildman–Crippen MR) is 59.4 cm³/mol. The van der Waals surface area contributed by atoms with Gasteiger partial charge in [-0.25, -0.2) is 9.59 Å². The number of likely N-dealkylation sites (N-methyl/N-ethyl adjacent to an activating group) is 1. The molecule has 0 aromatic rings. The Morgan fingerprint density at radius 2 is 2.06 bits per heavy atom. The van der Waals surface area contributed by atoms with Crippen LogP contribution in [0, 0.1) is 0 Å². The van der Waals surface area contributed by atoms with Gasteiger partial charge in [-0.15, -0.1) is 0 Å². The molecule has 3 N–H and O–H groups in total. The zero-order valence-electron chi connectivity index (χ0n) is 9.90. The summed E-state index contributed by atoms with van der Waals surface area (Å²) in [6.45, 7) is 1.95. The molecule has 0 aromatic carbocycles. The first-order chi connectivity index (χ1) is 7.97. The van der Waals surface area contributed by atoms with Gasteiger partial charge in [-0.1, -0.05) is 0 Å². The van der Waals surface area contributed by atoms with Crippen LogP contribution in [-0.4, -0.2) is 53.6 Å². The second-order valence-electron chi connectivity index (χ2n) is 3.98. The number of urea groups is 1. The van der Waals surface area contributed by atoms with E-state index in [0.29, 0.717) is 19.4 Å². The zero-order chi connectivity index (χ0) is 13.0. The Hall–Kier alpha value is -1.79. The zero-order valence-corrected chi connectivity index (χ0v) is 9.90. The van der Waals surface area contributed by atoms with E-state index in [1.807, 2.05) is 0 Å². The van der Waals surface area contributed by atoms with Crippen LogP contribution >= 0.6 is 0 Å². The Bertz CT molecular complexity index is 332. The Morgan fingerprint density at radius 1 is 1.41 bits per heavy atom.